The summed E-state index contributed by atoms with van der Waals surface area (Å²) in [5, 5.41) is 8.16. The Kier molecular flexibility index (Phi) is 4.25. The summed E-state index contributed by atoms with van der Waals surface area (Å²) in [7, 11) is -3.03. The molecule has 1 aromatic carbocycles. The van der Waals surface area contributed by atoms with Crippen molar-refractivity contribution in [2.45, 2.75) is 31.3 Å². The van der Waals surface area contributed by atoms with E-state index < -0.39 is 15.9 Å². The molecule has 1 aliphatic heterocycles. The van der Waals surface area contributed by atoms with Gasteiger partial charge in [0.25, 0.3) is 5.91 Å². The lowest BCUT2D eigenvalue weighted by Gasteiger charge is -2.12. The first-order chi connectivity index (χ1) is 10.9. The molecule has 1 saturated heterocycles. The van der Waals surface area contributed by atoms with Crippen molar-refractivity contribution < 1.29 is 18.0 Å². The fourth-order valence-corrected chi connectivity index (χ4v) is 4.17. The lowest BCUT2D eigenvalue weighted by atomic mass is 10.2. The van der Waals surface area contributed by atoms with Crippen LogP contribution in [0, 0.1) is 0 Å². The zero-order chi connectivity index (χ0) is 16.4. The summed E-state index contributed by atoms with van der Waals surface area (Å²) in [6, 6.07) is 6.10. The Morgan fingerprint density at radius 1 is 1.04 bits per heavy atom. The molecule has 2 aliphatic rings. The summed E-state index contributed by atoms with van der Waals surface area (Å²) in [5.74, 6) is -0.0719. The highest BCUT2D eigenvalue weighted by Crippen LogP contribution is 2.20. The Bertz CT molecular complexity index is 728. The second kappa shape index (κ2) is 6.19. The average Bonchev–Trinajstić information content (AvgIpc) is 3.22. The zero-order valence-corrected chi connectivity index (χ0v) is 13.4. The molecule has 7 nitrogen and oxygen atoms in total. The molecule has 23 heavy (non-hydrogen) atoms. The van der Waals surface area contributed by atoms with Gasteiger partial charge in [0.05, 0.1) is 11.5 Å². The minimum atomic E-state index is -3.03. The van der Waals surface area contributed by atoms with Crippen molar-refractivity contribution in [1.29, 1.82) is 0 Å². The molecule has 3 rings (SSSR count). The number of amides is 3. The van der Waals surface area contributed by atoms with Crippen LogP contribution in [0.5, 0.6) is 0 Å². The molecule has 1 aromatic rings. The summed E-state index contributed by atoms with van der Waals surface area (Å²) in [6.07, 6.45) is 2.45. The standard InChI is InChI=1S/C15H19N3O4S/c19-14(16-11-4-5-11)10-2-1-3-12(8-10)17-15(20)18-13-6-7-23(21,22)9-13/h1-3,8,11,13H,4-7,9H2,(H,16,19)(H2,17,18,20)/t13-/m0/s1. The molecule has 1 atom stereocenters. The number of carbonyl (C=O) groups excluding carboxylic acids is 2. The van der Waals surface area contributed by atoms with Crippen LogP contribution in [0.1, 0.15) is 29.6 Å². The Morgan fingerprint density at radius 3 is 2.48 bits per heavy atom. The molecular weight excluding hydrogens is 318 g/mol. The number of urea groups is 1. The van der Waals surface area contributed by atoms with Gasteiger partial charge in [0.2, 0.25) is 0 Å². The maximum atomic E-state index is 12.0. The minimum absolute atomic E-state index is 0.0236. The first-order valence-corrected chi connectivity index (χ1v) is 9.42. The molecule has 0 radical (unpaired) electrons. The smallest absolute Gasteiger partial charge is 0.319 e. The predicted molar refractivity (Wildman–Crippen MR) is 86.1 cm³/mol. The fourth-order valence-electron chi connectivity index (χ4n) is 2.50. The van der Waals surface area contributed by atoms with E-state index in [9.17, 15) is 18.0 Å². The van der Waals surface area contributed by atoms with Gasteiger partial charge in [-0.1, -0.05) is 6.07 Å². The van der Waals surface area contributed by atoms with E-state index in [4.69, 9.17) is 0 Å². The molecule has 3 amide bonds. The number of rotatable bonds is 4. The molecule has 0 bridgehead atoms. The van der Waals surface area contributed by atoms with Crippen molar-refractivity contribution in [1.82, 2.24) is 10.6 Å². The summed E-state index contributed by atoms with van der Waals surface area (Å²) in [5.41, 5.74) is 0.977. The fraction of sp³-hybridized carbons (Fsp3) is 0.467. The highest BCUT2D eigenvalue weighted by Gasteiger charge is 2.29. The summed E-state index contributed by atoms with van der Waals surface area (Å²) in [6.45, 7) is 0. The third-order valence-electron chi connectivity index (χ3n) is 3.86. The van der Waals surface area contributed by atoms with Crippen molar-refractivity contribution in [2.75, 3.05) is 16.8 Å². The highest BCUT2D eigenvalue weighted by atomic mass is 32.2. The zero-order valence-electron chi connectivity index (χ0n) is 12.5. The maximum Gasteiger partial charge on any atom is 0.319 e. The average molecular weight is 337 g/mol. The van der Waals surface area contributed by atoms with E-state index in [-0.39, 0.29) is 29.5 Å². The van der Waals surface area contributed by atoms with Crippen LogP contribution in [0.2, 0.25) is 0 Å². The Morgan fingerprint density at radius 2 is 1.83 bits per heavy atom. The van der Waals surface area contributed by atoms with E-state index in [1.54, 1.807) is 24.3 Å². The quantitative estimate of drug-likeness (QED) is 0.759. The maximum absolute atomic E-state index is 12.0. The van der Waals surface area contributed by atoms with Gasteiger partial charge < -0.3 is 16.0 Å². The minimum Gasteiger partial charge on any atom is -0.349 e. The molecule has 2 fully saturated rings. The molecule has 0 aromatic heterocycles. The number of carbonyl (C=O) groups is 2. The van der Waals surface area contributed by atoms with Crippen LogP contribution in [0.15, 0.2) is 24.3 Å². The monoisotopic (exact) mass is 337 g/mol. The van der Waals surface area contributed by atoms with E-state index in [0.717, 1.165) is 12.8 Å². The third-order valence-corrected chi connectivity index (χ3v) is 5.63. The molecule has 124 valence electrons. The van der Waals surface area contributed by atoms with Gasteiger partial charge in [0.15, 0.2) is 9.84 Å². The van der Waals surface area contributed by atoms with Gasteiger partial charge in [-0.05, 0) is 37.5 Å². The van der Waals surface area contributed by atoms with E-state index in [1.165, 1.54) is 0 Å². The van der Waals surface area contributed by atoms with Crippen molar-refractivity contribution in [2.24, 2.45) is 0 Å². The lowest BCUT2D eigenvalue weighted by molar-refractivity contribution is 0.0951. The summed E-state index contributed by atoms with van der Waals surface area (Å²) < 4.78 is 22.8. The van der Waals surface area contributed by atoms with Crippen LogP contribution in [0.3, 0.4) is 0 Å². The van der Waals surface area contributed by atoms with Gasteiger partial charge in [-0.3, -0.25) is 4.79 Å². The van der Waals surface area contributed by atoms with Gasteiger partial charge >= 0.3 is 6.03 Å². The number of benzene rings is 1. The molecule has 0 spiro atoms. The molecule has 1 saturated carbocycles. The van der Waals surface area contributed by atoms with Gasteiger partial charge in [-0.25, -0.2) is 13.2 Å². The van der Waals surface area contributed by atoms with Crippen LogP contribution >= 0.6 is 0 Å². The summed E-state index contributed by atoms with van der Waals surface area (Å²) >= 11 is 0. The van der Waals surface area contributed by atoms with Crippen molar-refractivity contribution in [3.05, 3.63) is 29.8 Å². The molecule has 1 aliphatic carbocycles. The molecule has 1 heterocycles. The van der Waals surface area contributed by atoms with Crippen LogP contribution in [-0.4, -0.2) is 43.9 Å². The molecule has 3 N–H and O–H groups in total. The normalized spacial score (nSPS) is 22.3. The first-order valence-electron chi connectivity index (χ1n) is 7.60. The van der Waals surface area contributed by atoms with E-state index in [2.05, 4.69) is 16.0 Å². The SMILES string of the molecule is O=C(Nc1cccc(C(=O)NC2CC2)c1)N[C@H]1CCS(=O)(=O)C1. The van der Waals surface area contributed by atoms with Crippen molar-refractivity contribution in [3.8, 4) is 0 Å². The van der Waals surface area contributed by atoms with Gasteiger partial charge in [0.1, 0.15) is 0 Å². The van der Waals surface area contributed by atoms with Crippen LogP contribution in [0.25, 0.3) is 0 Å². The van der Waals surface area contributed by atoms with Crippen LogP contribution < -0.4 is 16.0 Å². The second-order valence-electron chi connectivity index (χ2n) is 6.03. The number of nitrogens with one attached hydrogen (secondary N) is 3. The van der Waals surface area contributed by atoms with Gasteiger partial charge in [0, 0.05) is 23.3 Å². The number of hydrogen-bond acceptors (Lipinski definition) is 4. The van der Waals surface area contributed by atoms with E-state index in [1.807, 2.05) is 0 Å². The first kappa shape index (κ1) is 15.8. The van der Waals surface area contributed by atoms with E-state index in [0.29, 0.717) is 17.7 Å². The second-order valence-corrected chi connectivity index (χ2v) is 8.26. The molecular formula is C15H19N3O4S. The number of sulfone groups is 1. The Labute approximate surface area is 134 Å². The molecule has 0 unspecified atom stereocenters. The van der Waals surface area contributed by atoms with Crippen molar-refractivity contribution >= 4 is 27.5 Å². The van der Waals surface area contributed by atoms with Gasteiger partial charge in [-0.15, -0.1) is 0 Å². The van der Waals surface area contributed by atoms with Gasteiger partial charge in [-0.2, -0.15) is 0 Å². The van der Waals surface area contributed by atoms with Crippen LogP contribution in [0.4, 0.5) is 10.5 Å². The van der Waals surface area contributed by atoms with E-state index >= 15 is 0 Å². The molecule has 8 heteroatoms. The third kappa shape index (κ3) is 4.44. The largest absolute Gasteiger partial charge is 0.349 e. The predicted octanol–water partition coefficient (Wildman–Crippen LogP) is 0.887. The Balaban J connectivity index is 1.56. The summed E-state index contributed by atoms with van der Waals surface area (Å²) in [4.78, 5) is 23.9. The highest BCUT2D eigenvalue weighted by molar-refractivity contribution is 7.91. The van der Waals surface area contributed by atoms with Crippen LogP contribution in [-0.2, 0) is 9.84 Å². The number of anilines is 1. The number of hydrogen-bond donors (Lipinski definition) is 3. The van der Waals surface area contributed by atoms with Crippen molar-refractivity contribution in [3.63, 3.8) is 0 Å². The lowest BCUT2D eigenvalue weighted by Crippen LogP contribution is -2.38. The Hall–Kier alpha value is -2.09. The topological polar surface area (TPSA) is 104 Å².